The van der Waals surface area contributed by atoms with E-state index >= 15 is 0 Å². The van der Waals surface area contributed by atoms with Gasteiger partial charge in [-0.05, 0) is 56.8 Å². The molecule has 0 aromatic carbocycles. The number of nitrogens with zero attached hydrogens (tertiary/aromatic N) is 1. The van der Waals surface area contributed by atoms with Crippen molar-refractivity contribution in [1.82, 2.24) is 4.90 Å². The van der Waals surface area contributed by atoms with Crippen LogP contribution in [0.5, 0.6) is 0 Å². The maximum atomic E-state index is 11.0. The van der Waals surface area contributed by atoms with E-state index in [9.17, 15) is 4.79 Å². The second kappa shape index (κ2) is 6.53. The van der Waals surface area contributed by atoms with Crippen LogP contribution in [-0.4, -0.2) is 29.1 Å². The van der Waals surface area contributed by atoms with Crippen molar-refractivity contribution < 1.29 is 9.90 Å². The lowest BCUT2D eigenvalue weighted by atomic mass is 9.98. The molecule has 3 nitrogen and oxygen atoms in total. The normalized spacial score (nSPS) is 21.3. The first-order chi connectivity index (χ1) is 9.10. The molecule has 0 radical (unpaired) electrons. The molecular formula is C15H23NO2S. The zero-order chi connectivity index (χ0) is 13.8. The molecule has 1 atom stereocenters. The van der Waals surface area contributed by atoms with E-state index < -0.39 is 5.97 Å². The van der Waals surface area contributed by atoms with Crippen LogP contribution in [0.25, 0.3) is 0 Å². The summed E-state index contributed by atoms with van der Waals surface area (Å²) in [5.41, 5.74) is 1.19. The van der Waals surface area contributed by atoms with E-state index in [1.165, 1.54) is 42.6 Å². The number of carboxylic acids is 1. The standard InChI is InChI=1S/C15H23NO2S/c1-3-12-5-4-7-16(8-6-12)10-13-9-14(15(17)18)19-11(13)2/h9,12H,3-8,10H2,1-2H3,(H,17,18). The summed E-state index contributed by atoms with van der Waals surface area (Å²) >= 11 is 1.40. The lowest BCUT2D eigenvalue weighted by Gasteiger charge is -2.19. The van der Waals surface area contributed by atoms with Crippen LogP contribution in [0.15, 0.2) is 6.07 Å². The first-order valence-electron chi connectivity index (χ1n) is 7.15. The van der Waals surface area contributed by atoms with E-state index in [1.54, 1.807) is 0 Å². The third-order valence-electron chi connectivity index (χ3n) is 4.14. The van der Waals surface area contributed by atoms with Crippen LogP contribution in [0.1, 0.15) is 52.7 Å². The van der Waals surface area contributed by atoms with Crippen molar-refractivity contribution in [3.63, 3.8) is 0 Å². The van der Waals surface area contributed by atoms with Gasteiger partial charge in [0.05, 0.1) is 0 Å². The Morgan fingerprint density at radius 1 is 1.47 bits per heavy atom. The Bertz CT molecular complexity index is 441. The highest BCUT2D eigenvalue weighted by Crippen LogP contribution is 2.25. The topological polar surface area (TPSA) is 40.5 Å². The minimum atomic E-state index is -0.804. The summed E-state index contributed by atoms with van der Waals surface area (Å²) in [6.45, 7) is 7.51. The van der Waals surface area contributed by atoms with Gasteiger partial charge >= 0.3 is 5.97 Å². The van der Waals surface area contributed by atoms with Crippen molar-refractivity contribution in [2.45, 2.75) is 46.1 Å². The SMILES string of the molecule is CCC1CCCN(Cc2cc(C(=O)O)sc2C)CC1. The van der Waals surface area contributed by atoms with Crippen LogP contribution >= 0.6 is 11.3 Å². The van der Waals surface area contributed by atoms with E-state index in [0.29, 0.717) is 4.88 Å². The molecule has 1 aliphatic heterocycles. The van der Waals surface area contributed by atoms with E-state index in [1.807, 2.05) is 13.0 Å². The maximum absolute atomic E-state index is 11.0. The molecule has 106 valence electrons. The Kier molecular flexibility index (Phi) is 4.99. The minimum absolute atomic E-state index is 0.466. The predicted octanol–water partition coefficient (Wildman–Crippen LogP) is 3.77. The van der Waals surface area contributed by atoms with Crippen molar-refractivity contribution in [3.05, 3.63) is 21.4 Å². The van der Waals surface area contributed by atoms with Gasteiger partial charge in [0.2, 0.25) is 0 Å². The third-order valence-corrected chi connectivity index (χ3v) is 5.22. The zero-order valence-corrected chi connectivity index (χ0v) is 12.6. The van der Waals surface area contributed by atoms with Crippen molar-refractivity contribution in [3.8, 4) is 0 Å². The number of hydrogen-bond acceptors (Lipinski definition) is 3. The molecular weight excluding hydrogens is 258 g/mol. The van der Waals surface area contributed by atoms with E-state index in [2.05, 4.69) is 11.8 Å². The number of carboxylic acid groups (broad SMARTS) is 1. The minimum Gasteiger partial charge on any atom is -0.477 e. The highest BCUT2D eigenvalue weighted by molar-refractivity contribution is 7.14. The Labute approximate surface area is 119 Å². The molecule has 1 aliphatic rings. The van der Waals surface area contributed by atoms with Gasteiger partial charge in [-0.1, -0.05) is 13.3 Å². The second-order valence-corrected chi connectivity index (χ2v) is 6.73. The van der Waals surface area contributed by atoms with Gasteiger partial charge in [0, 0.05) is 11.4 Å². The molecule has 1 unspecified atom stereocenters. The third kappa shape index (κ3) is 3.80. The number of hydrogen-bond donors (Lipinski definition) is 1. The molecule has 19 heavy (non-hydrogen) atoms. The molecule has 4 heteroatoms. The van der Waals surface area contributed by atoms with Crippen LogP contribution in [0.4, 0.5) is 0 Å². The first-order valence-corrected chi connectivity index (χ1v) is 7.96. The Morgan fingerprint density at radius 3 is 2.89 bits per heavy atom. The molecule has 1 N–H and O–H groups in total. The van der Waals surface area contributed by atoms with Gasteiger partial charge in [0.1, 0.15) is 4.88 Å². The average molecular weight is 281 g/mol. The summed E-state index contributed by atoms with van der Waals surface area (Å²) in [6.07, 6.45) is 5.18. The Hall–Kier alpha value is -0.870. The number of aryl methyl sites for hydroxylation is 1. The van der Waals surface area contributed by atoms with Crippen LogP contribution in [0.2, 0.25) is 0 Å². The Balaban J connectivity index is 1.99. The van der Waals surface area contributed by atoms with Gasteiger partial charge in [0.15, 0.2) is 0 Å². The number of thiophene rings is 1. The number of aromatic carboxylic acids is 1. The van der Waals surface area contributed by atoms with Gasteiger partial charge in [-0.15, -0.1) is 11.3 Å². The summed E-state index contributed by atoms with van der Waals surface area (Å²) < 4.78 is 0. The van der Waals surface area contributed by atoms with E-state index in [0.717, 1.165) is 30.4 Å². The number of likely N-dealkylation sites (tertiary alicyclic amines) is 1. The molecule has 1 fully saturated rings. The molecule has 0 bridgehead atoms. The van der Waals surface area contributed by atoms with E-state index in [-0.39, 0.29) is 0 Å². The summed E-state index contributed by atoms with van der Waals surface area (Å²) in [5, 5.41) is 9.04. The fourth-order valence-corrected chi connectivity index (χ4v) is 3.69. The van der Waals surface area contributed by atoms with Crippen LogP contribution < -0.4 is 0 Å². The summed E-state index contributed by atoms with van der Waals surface area (Å²) in [5.74, 6) is 0.0735. The average Bonchev–Trinajstić information content (AvgIpc) is 2.61. The summed E-state index contributed by atoms with van der Waals surface area (Å²) in [7, 11) is 0. The van der Waals surface area contributed by atoms with Crippen LogP contribution in [0.3, 0.4) is 0 Å². The fraction of sp³-hybridized carbons (Fsp3) is 0.667. The highest BCUT2D eigenvalue weighted by atomic mass is 32.1. The first kappa shape index (κ1) is 14.5. The van der Waals surface area contributed by atoms with Gasteiger partial charge in [-0.2, -0.15) is 0 Å². The van der Waals surface area contributed by atoms with Crippen LogP contribution in [0, 0.1) is 12.8 Å². The van der Waals surface area contributed by atoms with Gasteiger partial charge in [0.25, 0.3) is 0 Å². The predicted molar refractivity (Wildman–Crippen MR) is 78.9 cm³/mol. The molecule has 1 aromatic rings. The smallest absolute Gasteiger partial charge is 0.345 e. The van der Waals surface area contributed by atoms with Gasteiger partial charge in [-0.3, -0.25) is 4.90 Å². The fourth-order valence-electron chi connectivity index (χ4n) is 2.81. The monoisotopic (exact) mass is 281 g/mol. The van der Waals surface area contributed by atoms with Crippen molar-refractivity contribution in [1.29, 1.82) is 0 Å². The maximum Gasteiger partial charge on any atom is 0.345 e. The molecule has 1 saturated heterocycles. The number of rotatable bonds is 4. The molecule has 0 amide bonds. The molecule has 2 rings (SSSR count). The second-order valence-electron chi connectivity index (χ2n) is 5.48. The molecule has 0 saturated carbocycles. The quantitative estimate of drug-likeness (QED) is 0.913. The molecule has 0 spiro atoms. The van der Waals surface area contributed by atoms with Crippen molar-refractivity contribution in [2.24, 2.45) is 5.92 Å². The van der Waals surface area contributed by atoms with Crippen LogP contribution in [-0.2, 0) is 6.54 Å². The molecule has 0 aliphatic carbocycles. The van der Waals surface area contributed by atoms with E-state index in [4.69, 9.17) is 5.11 Å². The van der Waals surface area contributed by atoms with Crippen molar-refractivity contribution in [2.75, 3.05) is 13.1 Å². The molecule has 2 heterocycles. The summed E-state index contributed by atoms with van der Waals surface area (Å²) in [4.78, 5) is 15.1. The largest absolute Gasteiger partial charge is 0.477 e. The lowest BCUT2D eigenvalue weighted by Crippen LogP contribution is -2.24. The number of carbonyl (C=O) groups is 1. The summed E-state index contributed by atoms with van der Waals surface area (Å²) in [6, 6.07) is 1.85. The Morgan fingerprint density at radius 2 is 2.26 bits per heavy atom. The highest BCUT2D eigenvalue weighted by Gasteiger charge is 2.18. The van der Waals surface area contributed by atoms with Gasteiger partial charge in [-0.25, -0.2) is 4.79 Å². The van der Waals surface area contributed by atoms with Gasteiger partial charge < -0.3 is 5.11 Å². The zero-order valence-electron chi connectivity index (χ0n) is 11.8. The van der Waals surface area contributed by atoms with Crippen molar-refractivity contribution >= 4 is 17.3 Å². The molecule has 1 aromatic heterocycles. The lowest BCUT2D eigenvalue weighted by molar-refractivity contribution is 0.0702.